The predicted molar refractivity (Wildman–Crippen MR) is 442 cm³/mol. The third-order valence-electron chi connectivity index (χ3n) is 21.2. The number of hydrogen-bond acceptors (Lipinski definition) is 26. The van der Waals surface area contributed by atoms with Crippen LogP contribution in [-0.2, 0) is 109 Å². The lowest BCUT2D eigenvalue weighted by molar-refractivity contribution is -0.314. The van der Waals surface area contributed by atoms with E-state index in [1.54, 1.807) is 159 Å². The summed E-state index contributed by atoms with van der Waals surface area (Å²) in [6, 6.07) is 61.3. The molecular weight excluding hydrogens is 1620 g/mol. The summed E-state index contributed by atoms with van der Waals surface area (Å²) in [5, 5.41) is 76.9. The molecule has 3 saturated heterocycles. The highest BCUT2D eigenvalue weighted by molar-refractivity contribution is 7.86. The molecule has 4 fully saturated rings. The molecule has 12 rings (SSSR count). The Balaban J connectivity index is 0.973. The highest BCUT2D eigenvalue weighted by atomic mass is 32.2. The van der Waals surface area contributed by atoms with Crippen LogP contribution in [0.25, 0.3) is 0 Å². The molecular formula is C89H103N5O26SSi. The Morgan fingerprint density at radius 3 is 1.25 bits per heavy atom. The maximum Gasteiger partial charge on any atom is 0.407 e. The van der Waals surface area contributed by atoms with Crippen molar-refractivity contribution in [1.82, 2.24) is 26.6 Å². The topological polar surface area (TPSA) is 410 Å². The monoisotopic (exact) mass is 1720 g/mol. The van der Waals surface area contributed by atoms with E-state index in [1.807, 2.05) is 81.4 Å². The number of rotatable bonds is 34. The Kier molecular flexibility index (Phi) is 32.0. The van der Waals surface area contributed by atoms with E-state index in [-0.39, 0.29) is 44.5 Å². The summed E-state index contributed by atoms with van der Waals surface area (Å²) >= 11 is 0. The standard InChI is InChI=1S/C89H103N5O26SSi/c1-6-46-107-80-78(119-81-70(93-87(103)111-52-60-34-20-10-21-35-60)75(98)73(96)67(115-81)48-90-84(100)108-49-57-28-14-7-15-29-57)69(55-114-122(89(3,4)5,63-38-24-12-25-39-63)64-40-26-13-27-41-64)117-83(80)120-79-72(95)65(91-85(101)109-50-58-30-16-8-17-31-58)47-66(92-86(102)110-51-59-32-18-9-19-33-59)77(79)118-82-71(94-88(104)112-53-61-36-22-11-23-37-61)76(99)74(97)68(116-82)54-113-121(105,106)62-44-42-56(2)43-45-62/h6-45,65-83,95-99H,1,46-55H2,2-5H3,(H,90,100)(H,91,101)(H,92,102)(H,93,103)(H,94,104)/t65-,66+,67+,68-,69-,70-,71-,72+,73-,74-,75-,76-,77-,78-,79-,80-,81-,82-,83+/m1/s1. The quantitative estimate of drug-likeness (QED) is 0.00807. The first kappa shape index (κ1) is 90.7. The second kappa shape index (κ2) is 43.0. The van der Waals surface area contributed by atoms with Gasteiger partial charge >= 0.3 is 30.5 Å². The van der Waals surface area contributed by atoms with Crippen LogP contribution in [0.1, 0.15) is 60.6 Å². The largest absolute Gasteiger partial charge is 0.445 e. The summed E-state index contributed by atoms with van der Waals surface area (Å²) in [6.45, 7) is 8.21. The van der Waals surface area contributed by atoms with Crippen molar-refractivity contribution >= 4 is 59.3 Å². The Labute approximate surface area is 708 Å². The molecule has 0 radical (unpaired) electrons. The fourth-order valence-electron chi connectivity index (χ4n) is 14.9. The molecule has 0 spiro atoms. The lowest BCUT2D eigenvalue weighted by atomic mass is 9.83. The number of benzene rings is 8. The molecule has 33 heteroatoms. The van der Waals surface area contributed by atoms with Crippen LogP contribution >= 0.6 is 0 Å². The van der Waals surface area contributed by atoms with Gasteiger partial charge in [0.2, 0.25) is 0 Å². The Hall–Kier alpha value is -10.5. The average Bonchev–Trinajstić information content (AvgIpc) is 0.914. The lowest BCUT2D eigenvalue weighted by Crippen LogP contribution is -2.70. The molecule has 122 heavy (non-hydrogen) atoms. The zero-order chi connectivity index (χ0) is 86.3. The Bertz CT molecular complexity index is 4720. The summed E-state index contributed by atoms with van der Waals surface area (Å²) in [7, 11) is -8.33. The minimum atomic E-state index is -4.65. The second-order valence-corrected chi connectivity index (χ2v) is 36.7. The molecule has 19 atom stereocenters. The Morgan fingerprint density at radius 1 is 0.434 bits per heavy atom. The first-order valence-electron chi connectivity index (χ1n) is 39.9. The highest BCUT2D eigenvalue weighted by Crippen LogP contribution is 2.41. The van der Waals surface area contributed by atoms with Gasteiger partial charge in [0, 0.05) is 6.54 Å². The summed E-state index contributed by atoms with van der Waals surface area (Å²) in [5.41, 5.74) is 3.66. The Morgan fingerprint density at radius 2 is 0.811 bits per heavy atom. The third-order valence-corrected chi connectivity index (χ3v) is 27.5. The average molecular weight is 1720 g/mol. The van der Waals surface area contributed by atoms with Gasteiger partial charge in [-0.25, -0.2) is 24.0 Å². The smallest absolute Gasteiger partial charge is 0.407 e. The van der Waals surface area contributed by atoms with Crippen LogP contribution in [0.5, 0.6) is 0 Å². The van der Waals surface area contributed by atoms with Crippen molar-refractivity contribution < 1.29 is 123 Å². The zero-order valence-corrected chi connectivity index (χ0v) is 69.4. The molecule has 10 N–H and O–H groups in total. The van der Waals surface area contributed by atoms with Crippen LogP contribution < -0.4 is 37.0 Å². The number of aliphatic hydroxyl groups is 5. The molecule has 0 unspecified atom stereocenters. The molecule has 0 aromatic heterocycles. The number of amides is 5. The molecule has 3 aliphatic heterocycles. The van der Waals surface area contributed by atoms with Gasteiger partial charge in [0.15, 0.2) is 18.9 Å². The zero-order valence-electron chi connectivity index (χ0n) is 67.6. The van der Waals surface area contributed by atoms with Crippen LogP contribution in [0.15, 0.2) is 254 Å². The maximum atomic E-state index is 14.8. The van der Waals surface area contributed by atoms with Crippen molar-refractivity contribution in [3.05, 3.63) is 283 Å². The first-order valence-corrected chi connectivity index (χ1v) is 43.3. The van der Waals surface area contributed by atoms with Crippen LogP contribution in [0.3, 0.4) is 0 Å². The van der Waals surface area contributed by atoms with E-state index in [4.69, 9.17) is 65.5 Å². The van der Waals surface area contributed by atoms with Gasteiger partial charge in [-0.15, -0.1) is 6.58 Å². The van der Waals surface area contributed by atoms with Gasteiger partial charge in [-0.1, -0.05) is 257 Å². The number of nitrogens with one attached hydrogen (secondary N) is 5. The number of aryl methyl sites for hydroxylation is 1. The molecule has 8 aromatic rings. The summed E-state index contributed by atoms with van der Waals surface area (Å²) < 4.78 is 118. The summed E-state index contributed by atoms with van der Waals surface area (Å²) in [5.74, 6) is 0. The highest BCUT2D eigenvalue weighted by Gasteiger charge is 2.59. The third kappa shape index (κ3) is 23.8. The minimum absolute atomic E-state index is 0.146. The van der Waals surface area contributed by atoms with Gasteiger partial charge in [0.05, 0.1) is 36.8 Å². The molecule has 1 saturated carbocycles. The van der Waals surface area contributed by atoms with Gasteiger partial charge in [-0.3, -0.25) is 4.18 Å². The number of alkyl carbamates (subject to hydrolysis) is 5. The number of carbonyl (C=O) groups excluding carboxylic acids is 5. The number of aliphatic hydroxyl groups excluding tert-OH is 5. The van der Waals surface area contributed by atoms with Crippen molar-refractivity contribution in [2.45, 2.75) is 193 Å². The van der Waals surface area contributed by atoms with Crippen molar-refractivity contribution in [2.24, 2.45) is 0 Å². The fourth-order valence-corrected chi connectivity index (χ4v) is 20.4. The molecule has 3 heterocycles. The van der Waals surface area contributed by atoms with Gasteiger partial charge in [-0.05, 0) is 68.7 Å². The van der Waals surface area contributed by atoms with Gasteiger partial charge < -0.3 is 113 Å². The van der Waals surface area contributed by atoms with E-state index in [0.717, 1.165) is 15.9 Å². The van der Waals surface area contributed by atoms with Crippen LogP contribution in [0, 0.1) is 6.92 Å². The van der Waals surface area contributed by atoms with Crippen molar-refractivity contribution in [3.8, 4) is 0 Å². The minimum Gasteiger partial charge on any atom is -0.445 e. The van der Waals surface area contributed by atoms with E-state index in [1.165, 1.54) is 30.3 Å². The molecule has 4 aliphatic rings. The molecule has 8 aromatic carbocycles. The molecule has 650 valence electrons. The van der Waals surface area contributed by atoms with Gasteiger partial charge in [0.1, 0.15) is 118 Å². The number of hydrogen-bond donors (Lipinski definition) is 10. The van der Waals surface area contributed by atoms with Gasteiger partial charge in [0.25, 0.3) is 18.4 Å². The van der Waals surface area contributed by atoms with E-state index in [2.05, 4.69) is 33.2 Å². The summed E-state index contributed by atoms with van der Waals surface area (Å²) in [6.07, 6.45) is -32.8. The summed E-state index contributed by atoms with van der Waals surface area (Å²) in [4.78, 5) is 70.9. The van der Waals surface area contributed by atoms with E-state index < -0.39 is 196 Å². The van der Waals surface area contributed by atoms with Crippen molar-refractivity contribution in [1.29, 1.82) is 0 Å². The maximum absolute atomic E-state index is 14.8. The van der Waals surface area contributed by atoms with E-state index in [0.29, 0.717) is 27.8 Å². The van der Waals surface area contributed by atoms with Crippen molar-refractivity contribution in [3.63, 3.8) is 0 Å². The number of ether oxygens (including phenoxy) is 12. The SMILES string of the molecule is C=CCO[C@H]1[C@H](O[C@@H]2[C@@H](O)[C@H](NC(=O)OCc3ccccc3)C[C@H](NC(=O)OCc3ccccc3)[C@H]2O[C@H]2O[C@H](COS(=O)(=O)c3ccc(C)cc3)[C@@H](O)[C@H](O)[C@H]2NC(=O)OCc2ccccc2)O[C@H](CO[Si](c2ccccc2)(c2ccccc2)C(C)(C)C)[C@H]1O[C@H]1O[C@@H](CNC(=O)OCc2ccccc2)[C@@H](O)[C@H](O)[C@H]1NC(=O)OCc1ccccc1. The number of carbonyl (C=O) groups is 5. The van der Waals surface area contributed by atoms with Crippen LogP contribution in [0.4, 0.5) is 24.0 Å². The lowest BCUT2D eigenvalue weighted by Gasteiger charge is -2.49. The van der Waals surface area contributed by atoms with Crippen LogP contribution in [0.2, 0.25) is 5.04 Å². The fraction of sp³-hybridized carbons (Fsp3) is 0.382. The molecule has 5 amide bonds. The predicted octanol–water partition coefficient (Wildman–Crippen LogP) is 7.49. The van der Waals surface area contributed by atoms with E-state index in [9.17, 15) is 57.9 Å². The van der Waals surface area contributed by atoms with Crippen molar-refractivity contribution in [2.75, 3.05) is 26.4 Å². The van der Waals surface area contributed by atoms with Crippen LogP contribution in [-0.4, -0.2) is 215 Å². The van der Waals surface area contributed by atoms with E-state index >= 15 is 0 Å². The van der Waals surface area contributed by atoms with Gasteiger partial charge in [-0.2, -0.15) is 8.42 Å². The molecule has 1 aliphatic carbocycles. The second-order valence-electron chi connectivity index (χ2n) is 30.8. The molecule has 31 nitrogen and oxygen atoms in total. The normalized spacial score (nSPS) is 26.0. The first-order chi connectivity index (χ1) is 58.8. The molecule has 0 bridgehead atoms.